The molecule has 0 radical (unpaired) electrons. The minimum absolute atomic E-state index is 0.00174. The van der Waals surface area contributed by atoms with E-state index in [2.05, 4.69) is 24.3 Å². The Hall–Kier alpha value is -2.34. The first kappa shape index (κ1) is 19.4. The molecule has 1 N–H and O–H groups in total. The summed E-state index contributed by atoms with van der Waals surface area (Å²) in [5.74, 6) is 1.94. The highest BCUT2D eigenvalue weighted by molar-refractivity contribution is 5.95. The van der Waals surface area contributed by atoms with Crippen molar-refractivity contribution in [3.05, 3.63) is 35.5 Å². The van der Waals surface area contributed by atoms with Gasteiger partial charge in [-0.1, -0.05) is 31.1 Å². The van der Waals surface area contributed by atoms with Gasteiger partial charge in [0.1, 0.15) is 12.4 Å². The van der Waals surface area contributed by atoms with E-state index >= 15 is 0 Å². The lowest BCUT2D eigenvalue weighted by Crippen LogP contribution is -2.59. The molecule has 2 aromatic rings. The zero-order valence-electron chi connectivity index (χ0n) is 18.3. The van der Waals surface area contributed by atoms with E-state index in [0.717, 1.165) is 30.1 Å². The predicted molar refractivity (Wildman–Crippen MR) is 115 cm³/mol. The van der Waals surface area contributed by atoms with E-state index in [1.165, 1.54) is 25.7 Å². The number of ether oxygens (including phenoxy) is 2. The van der Waals surface area contributed by atoms with Crippen LogP contribution in [-0.4, -0.2) is 29.8 Å². The number of fused-ring (bicyclic) bond motifs is 3. The van der Waals surface area contributed by atoms with Crippen LogP contribution in [-0.2, 0) is 11.3 Å². The summed E-state index contributed by atoms with van der Waals surface area (Å²) in [6, 6.07) is 7.64. The van der Waals surface area contributed by atoms with Gasteiger partial charge in [0.25, 0.3) is 5.91 Å². The Kier molecular flexibility index (Phi) is 4.11. The van der Waals surface area contributed by atoms with E-state index in [1.807, 2.05) is 24.3 Å². The van der Waals surface area contributed by atoms with Crippen LogP contribution in [0.5, 0.6) is 5.75 Å². The van der Waals surface area contributed by atoms with Gasteiger partial charge in [-0.05, 0) is 67.4 Å². The molecule has 2 heterocycles. The van der Waals surface area contributed by atoms with Crippen molar-refractivity contribution in [3.8, 4) is 17.1 Å². The summed E-state index contributed by atoms with van der Waals surface area (Å²) in [4.78, 5) is 12.8. The van der Waals surface area contributed by atoms with Gasteiger partial charge >= 0.3 is 0 Å². The van der Waals surface area contributed by atoms with Crippen molar-refractivity contribution in [2.45, 2.75) is 64.6 Å². The molecule has 31 heavy (non-hydrogen) atoms. The normalized spacial score (nSPS) is 34.7. The fourth-order valence-corrected chi connectivity index (χ4v) is 7.78. The summed E-state index contributed by atoms with van der Waals surface area (Å²) < 4.78 is 17.8. The number of carbonyl (C=O) groups is 1. The van der Waals surface area contributed by atoms with Crippen LogP contribution in [0, 0.1) is 16.7 Å². The van der Waals surface area contributed by atoms with Crippen LogP contribution in [0.3, 0.4) is 0 Å². The monoisotopic (exact) mass is 422 g/mol. The van der Waals surface area contributed by atoms with Crippen LogP contribution in [0.25, 0.3) is 11.3 Å². The minimum atomic E-state index is -0.235. The quantitative estimate of drug-likeness (QED) is 0.705. The summed E-state index contributed by atoms with van der Waals surface area (Å²) >= 11 is 0. The molecule has 4 aliphatic carbocycles. The summed E-state index contributed by atoms with van der Waals surface area (Å²) in [6.07, 6.45) is 7.54. The maximum absolute atomic E-state index is 12.8. The van der Waals surface area contributed by atoms with Gasteiger partial charge in [-0.15, -0.1) is 0 Å². The van der Waals surface area contributed by atoms with E-state index in [1.54, 1.807) is 0 Å². The molecule has 4 fully saturated rings. The van der Waals surface area contributed by atoms with Gasteiger partial charge in [0.15, 0.2) is 11.5 Å². The molecular weight excluding hydrogens is 392 g/mol. The van der Waals surface area contributed by atoms with Crippen molar-refractivity contribution in [1.29, 1.82) is 0 Å². The standard InChI is InChI=1S/C25H30N2O4/c1-23-9-16-10-24(2,13-23)15-25(11-16,14-23)30-8-7-26-22(28)20-18-12-29-19-6-4-3-5-17(19)21(18)31-27-20/h3-6,16H,7-15H2,1-2H3,(H,26,28)/t16?,23-,24+,25?. The van der Waals surface area contributed by atoms with E-state index in [9.17, 15) is 4.79 Å². The minimum Gasteiger partial charge on any atom is -0.488 e. The molecule has 164 valence electrons. The molecule has 1 aromatic carbocycles. The van der Waals surface area contributed by atoms with Crippen molar-refractivity contribution < 1.29 is 18.8 Å². The Morgan fingerprint density at radius 2 is 1.94 bits per heavy atom. The van der Waals surface area contributed by atoms with E-state index in [0.29, 0.717) is 41.0 Å². The van der Waals surface area contributed by atoms with Gasteiger partial charge < -0.3 is 19.3 Å². The Bertz CT molecular complexity index is 1030. The Balaban J connectivity index is 1.09. The number of rotatable bonds is 5. The second-order valence-electron chi connectivity index (χ2n) is 11.0. The van der Waals surface area contributed by atoms with Crippen LogP contribution in [0.2, 0.25) is 0 Å². The molecule has 0 saturated heterocycles. The highest BCUT2D eigenvalue weighted by Gasteiger charge is 2.60. The third-order valence-electron chi connectivity index (χ3n) is 7.88. The maximum atomic E-state index is 12.8. The van der Waals surface area contributed by atoms with Crippen molar-refractivity contribution in [1.82, 2.24) is 10.5 Å². The molecule has 4 atom stereocenters. The fraction of sp³-hybridized carbons (Fsp3) is 0.600. The molecule has 4 saturated carbocycles. The van der Waals surface area contributed by atoms with E-state index in [-0.39, 0.29) is 18.1 Å². The van der Waals surface area contributed by atoms with Crippen molar-refractivity contribution in [2.24, 2.45) is 16.7 Å². The highest BCUT2D eigenvalue weighted by Crippen LogP contribution is 2.67. The molecule has 6 heteroatoms. The smallest absolute Gasteiger partial charge is 0.273 e. The fourth-order valence-electron chi connectivity index (χ4n) is 7.78. The third-order valence-corrected chi connectivity index (χ3v) is 7.88. The summed E-state index contributed by atoms with van der Waals surface area (Å²) in [6.45, 7) is 6.19. The zero-order chi connectivity index (χ0) is 21.3. The van der Waals surface area contributed by atoms with E-state index in [4.69, 9.17) is 14.0 Å². The van der Waals surface area contributed by atoms with Gasteiger partial charge in [0, 0.05) is 6.54 Å². The highest BCUT2D eigenvalue weighted by atomic mass is 16.5. The first-order chi connectivity index (χ1) is 14.9. The predicted octanol–water partition coefficient (Wildman–Crippen LogP) is 4.73. The molecule has 7 rings (SSSR count). The molecule has 5 aliphatic rings. The lowest BCUT2D eigenvalue weighted by molar-refractivity contribution is -0.213. The van der Waals surface area contributed by atoms with Crippen molar-refractivity contribution in [3.63, 3.8) is 0 Å². The second kappa shape index (κ2) is 6.58. The second-order valence-corrected chi connectivity index (χ2v) is 11.0. The molecule has 6 nitrogen and oxygen atoms in total. The van der Waals surface area contributed by atoms with E-state index < -0.39 is 0 Å². The molecule has 4 bridgehead atoms. The van der Waals surface area contributed by atoms with Gasteiger partial charge in [0.05, 0.1) is 23.3 Å². The van der Waals surface area contributed by atoms with Crippen molar-refractivity contribution in [2.75, 3.05) is 13.2 Å². The lowest BCUT2D eigenvalue weighted by Gasteiger charge is -2.65. The number of carbonyl (C=O) groups excluding carboxylic acids is 1. The van der Waals surface area contributed by atoms with Crippen LogP contribution in [0.1, 0.15) is 68.4 Å². The summed E-state index contributed by atoms with van der Waals surface area (Å²) in [5, 5.41) is 7.01. The summed E-state index contributed by atoms with van der Waals surface area (Å²) in [5.41, 5.74) is 2.69. The maximum Gasteiger partial charge on any atom is 0.273 e. The topological polar surface area (TPSA) is 73.6 Å². The Morgan fingerprint density at radius 1 is 1.16 bits per heavy atom. The number of nitrogens with one attached hydrogen (secondary N) is 1. The van der Waals surface area contributed by atoms with Crippen LogP contribution < -0.4 is 10.1 Å². The molecular formula is C25H30N2O4. The molecule has 1 amide bonds. The number of aromatic nitrogens is 1. The number of hydrogen-bond donors (Lipinski definition) is 1. The Labute approximate surface area is 182 Å². The first-order valence-corrected chi connectivity index (χ1v) is 11.5. The zero-order valence-corrected chi connectivity index (χ0v) is 18.3. The number of nitrogens with zero attached hydrogens (tertiary/aromatic N) is 1. The molecule has 0 spiro atoms. The summed E-state index contributed by atoms with van der Waals surface area (Å²) in [7, 11) is 0. The number of benzene rings is 1. The van der Waals surface area contributed by atoms with Gasteiger partial charge in [0.2, 0.25) is 0 Å². The number of hydrogen-bond acceptors (Lipinski definition) is 5. The Morgan fingerprint density at radius 3 is 2.71 bits per heavy atom. The van der Waals surface area contributed by atoms with Crippen LogP contribution in [0.4, 0.5) is 0 Å². The number of amides is 1. The molecule has 1 aromatic heterocycles. The van der Waals surface area contributed by atoms with Gasteiger partial charge in [-0.3, -0.25) is 4.79 Å². The van der Waals surface area contributed by atoms with Crippen molar-refractivity contribution >= 4 is 5.91 Å². The lowest BCUT2D eigenvalue weighted by atomic mass is 9.43. The average molecular weight is 423 g/mol. The largest absolute Gasteiger partial charge is 0.488 e. The van der Waals surface area contributed by atoms with Gasteiger partial charge in [-0.25, -0.2) is 0 Å². The average Bonchev–Trinajstić information content (AvgIpc) is 3.13. The first-order valence-electron chi connectivity index (χ1n) is 11.5. The van der Waals surface area contributed by atoms with Gasteiger partial charge in [-0.2, -0.15) is 0 Å². The SMILES string of the molecule is C[C@]12CC3CC(OCCNC(=O)c4noc5c4COc4ccccc4-5)(C1)C[C@@](C)(C3)C2. The molecule has 2 unspecified atom stereocenters. The molecule has 1 aliphatic heterocycles. The van der Waals surface area contributed by atoms with Crippen LogP contribution >= 0.6 is 0 Å². The number of para-hydroxylation sites is 1. The third kappa shape index (κ3) is 3.18. The van der Waals surface area contributed by atoms with Crippen LogP contribution in [0.15, 0.2) is 28.8 Å².